The molecular formula is C11H11NO3. The lowest BCUT2D eigenvalue weighted by Gasteiger charge is -2.03. The van der Waals surface area contributed by atoms with Crippen molar-refractivity contribution in [2.24, 2.45) is 0 Å². The van der Waals surface area contributed by atoms with Crippen LogP contribution in [0.5, 0.6) is 5.75 Å². The van der Waals surface area contributed by atoms with E-state index in [-0.39, 0.29) is 5.75 Å². The van der Waals surface area contributed by atoms with Crippen LogP contribution in [0.2, 0.25) is 0 Å². The van der Waals surface area contributed by atoms with Crippen molar-refractivity contribution in [1.29, 1.82) is 0 Å². The zero-order valence-electron chi connectivity index (χ0n) is 8.30. The summed E-state index contributed by atoms with van der Waals surface area (Å²) >= 11 is 0. The molecule has 1 heterocycles. The average Bonchev–Trinajstić information content (AvgIpc) is 2.60. The molecule has 0 atom stereocenters. The number of carbonyl (C=O) groups is 1. The number of fused-ring (bicyclic) bond motifs is 1. The lowest BCUT2D eigenvalue weighted by molar-refractivity contribution is 0.155. The fourth-order valence-electron chi connectivity index (χ4n) is 1.47. The first-order valence-corrected chi connectivity index (χ1v) is 4.69. The van der Waals surface area contributed by atoms with E-state index in [1.165, 1.54) is 10.6 Å². The highest BCUT2D eigenvalue weighted by molar-refractivity contribution is 5.90. The summed E-state index contributed by atoms with van der Waals surface area (Å²) in [4.78, 5) is 11.5. The molecule has 4 heteroatoms. The molecule has 0 radical (unpaired) electrons. The van der Waals surface area contributed by atoms with Crippen molar-refractivity contribution >= 4 is 17.0 Å². The van der Waals surface area contributed by atoms with E-state index in [0.717, 1.165) is 5.39 Å². The quantitative estimate of drug-likeness (QED) is 0.777. The van der Waals surface area contributed by atoms with Gasteiger partial charge in [0.1, 0.15) is 5.75 Å². The first-order chi connectivity index (χ1) is 7.22. The number of ether oxygens (including phenoxy) is 1. The Kier molecular flexibility index (Phi) is 2.33. The third-order valence-corrected chi connectivity index (χ3v) is 2.14. The Labute approximate surface area is 86.7 Å². The summed E-state index contributed by atoms with van der Waals surface area (Å²) < 4.78 is 6.25. The third-order valence-electron chi connectivity index (χ3n) is 2.14. The van der Waals surface area contributed by atoms with Crippen molar-refractivity contribution in [3.05, 3.63) is 30.5 Å². The molecule has 0 saturated carbocycles. The second kappa shape index (κ2) is 3.65. The van der Waals surface area contributed by atoms with Gasteiger partial charge in [0.05, 0.1) is 12.1 Å². The number of aromatic nitrogens is 1. The minimum Gasteiger partial charge on any atom is -0.508 e. The summed E-state index contributed by atoms with van der Waals surface area (Å²) in [7, 11) is 0. The van der Waals surface area contributed by atoms with Crippen molar-refractivity contribution in [3.8, 4) is 5.75 Å². The first-order valence-electron chi connectivity index (χ1n) is 4.69. The van der Waals surface area contributed by atoms with Crippen molar-refractivity contribution in [2.45, 2.75) is 6.92 Å². The molecule has 1 aromatic carbocycles. The van der Waals surface area contributed by atoms with Gasteiger partial charge in [0, 0.05) is 17.6 Å². The predicted molar refractivity (Wildman–Crippen MR) is 56.0 cm³/mol. The van der Waals surface area contributed by atoms with E-state index in [4.69, 9.17) is 4.74 Å². The van der Waals surface area contributed by atoms with Gasteiger partial charge in [-0.05, 0) is 25.1 Å². The van der Waals surface area contributed by atoms with Crippen molar-refractivity contribution < 1.29 is 14.6 Å². The highest BCUT2D eigenvalue weighted by Crippen LogP contribution is 2.21. The minimum atomic E-state index is -0.432. The SMILES string of the molecule is CCOC(=O)n1ccc2ccc(O)cc21. The van der Waals surface area contributed by atoms with Gasteiger partial charge in [-0.25, -0.2) is 4.79 Å². The molecule has 0 aliphatic rings. The molecule has 0 unspecified atom stereocenters. The summed E-state index contributed by atoms with van der Waals surface area (Å²) in [6.45, 7) is 2.08. The zero-order valence-corrected chi connectivity index (χ0v) is 8.30. The molecule has 1 N–H and O–H groups in total. The molecular weight excluding hydrogens is 194 g/mol. The fourth-order valence-corrected chi connectivity index (χ4v) is 1.47. The van der Waals surface area contributed by atoms with Crippen LogP contribution in [0, 0.1) is 0 Å². The number of hydrogen-bond donors (Lipinski definition) is 1. The molecule has 0 amide bonds. The van der Waals surface area contributed by atoms with Crippen LogP contribution in [0.4, 0.5) is 4.79 Å². The van der Waals surface area contributed by atoms with Crippen LogP contribution in [0.15, 0.2) is 30.5 Å². The van der Waals surface area contributed by atoms with Gasteiger partial charge in [-0.1, -0.05) is 0 Å². The molecule has 15 heavy (non-hydrogen) atoms. The number of rotatable bonds is 1. The van der Waals surface area contributed by atoms with Crippen molar-refractivity contribution in [2.75, 3.05) is 6.61 Å². The molecule has 4 nitrogen and oxygen atoms in total. The maximum atomic E-state index is 11.5. The standard InChI is InChI=1S/C11H11NO3/c1-2-15-11(14)12-6-5-8-3-4-9(13)7-10(8)12/h3-7,13H,2H2,1H3. The molecule has 2 rings (SSSR count). The third kappa shape index (κ3) is 1.66. The maximum absolute atomic E-state index is 11.5. The Hall–Kier alpha value is -1.97. The number of phenols is 1. The largest absolute Gasteiger partial charge is 0.508 e. The monoisotopic (exact) mass is 205 g/mol. The highest BCUT2D eigenvalue weighted by atomic mass is 16.5. The maximum Gasteiger partial charge on any atom is 0.418 e. The Morgan fingerprint density at radius 2 is 2.27 bits per heavy atom. The van der Waals surface area contributed by atoms with E-state index in [1.54, 1.807) is 31.3 Å². The predicted octanol–water partition coefficient (Wildman–Crippen LogP) is 2.35. The second-order valence-corrected chi connectivity index (χ2v) is 3.13. The summed E-state index contributed by atoms with van der Waals surface area (Å²) in [5, 5.41) is 10.2. The molecule has 0 aliphatic heterocycles. The van der Waals surface area contributed by atoms with Crippen LogP contribution in [-0.4, -0.2) is 22.4 Å². The van der Waals surface area contributed by atoms with E-state index in [1.807, 2.05) is 0 Å². The lowest BCUT2D eigenvalue weighted by Crippen LogP contribution is -2.11. The number of aromatic hydroxyl groups is 1. The summed E-state index contributed by atoms with van der Waals surface area (Å²) in [6, 6.07) is 6.66. The Morgan fingerprint density at radius 1 is 1.47 bits per heavy atom. The summed E-state index contributed by atoms with van der Waals surface area (Å²) in [6.07, 6.45) is 1.19. The number of benzene rings is 1. The topological polar surface area (TPSA) is 51.5 Å². The van der Waals surface area contributed by atoms with Gasteiger partial charge in [-0.3, -0.25) is 4.57 Å². The van der Waals surface area contributed by atoms with E-state index >= 15 is 0 Å². The van der Waals surface area contributed by atoms with Gasteiger partial charge in [0.25, 0.3) is 0 Å². The number of carbonyl (C=O) groups excluding carboxylic acids is 1. The van der Waals surface area contributed by atoms with Gasteiger partial charge in [0.15, 0.2) is 0 Å². The smallest absolute Gasteiger partial charge is 0.418 e. The average molecular weight is 205 g/mol. The van der Waals surface area contributed by atoms with Crippen molar-refractivity contribution in [3.63, 3.8) is 0 Å². The number of nitrogens with zero attached hydrogens (tertiary/aromatic N) is 1. The number of phenolic OH excluding ortho intramolecular Hbond substituents is 1. The molecule has 0 spiro atoms. The van der Waals surface area contributed by atoms with E-state index in [9.17, 15) is 9.90 Å². The van der Waals surface area contributed by atoms with Crippen LogP contribution in [-0.2, 0) is 4.74 Å². The molecule has 0 fully saturated rings. The fraction of sp³-hybridized carbons (Fsp3) is 0.182. The Morgan fingerprint density at radius 3 is 3.00 bits per heavy atom. The molecule has 0 aliphatic carbocycles. The van der Waals surface area contributed by atoms with Crippen LogP contribution < -0.4 is 0 Å². The molecule has 78 valence electrons. The van der Waals surface area contributed by atoms with E-state index < -0.39 is 6.09 Å². The lowest BCUT2D eigenvalue weighted by atomic mass is 10.2. The number of hydrogen-bond acceptors (Lipinski definition) is 3. The molecule has 0 saturated heterocycles. The summed E-state index contributed by atoms with van der Waals surface area (Å²) in [5.41, 5.74) is 0.647. The summed E-state index contributed by atoms with van der Waals surface area (Å²) in [5.74, 6) is 0.131. The van der Waals surface area contributed by atoms with Gasteiger partial charge >= 0.3 is 6.09 Å². The van der Waals surface area contributed by atoms with E-state index in [0.29, 0.717) is 12.1 Å². The normalized spacial score (nSPS) is 10.5. The van der Waals surface area contributed by atoms with Gasteiger partial charge in [-0.2, -0.15) is 0 Å². The molecule has 2 aromatic rings. The van der Waals surface area contributed by atoms with Crippen LogP contribution >= 0.6 is 0 Å². The van der Waals surface area contributed by atoms with Gasteiger partial charge in [0.2, 0.25) is 0 Å². The zero-order chi connectivity index (χ0) is 10.8. The van der Waals surface area contributed by atoms with E-state index in [2.05, 4.69) is 0 Å². The van der Waals surface area contributed by atoms with Gasteiger partial charge < -0.3 is 9.84 Å². The van der Waals surface area contributed by atoms with Crippen LogP contribution in [0.25, 0.3) is 10.9 Å². The van der Waals surface area contributed by atoms with Crippen molar-refractivity contribution in [1.82, 2.24) is 4.57 Å². The Balaban J connectivity index is 2.52. The minimum absolute atomic E-state index is 0.131. The molecule has 1 aromatic heterocycles. The highest BCUT2D eigenvalue weighted by Gasteiger charge is 2.09. The van der Waals surface area contributed by atoms with Crippen LogP contribution in [0.1, 0.15) is 6.92 Å². The first kappa shape index (κ1) is 9.58. The second-order valence-electron chi connectivity index (χ2n) is 3.13. The van der Waals surface area contributed by atoms with Gasteiger partial charge in [-0.15, -0.1) is 0 Å². The Bertz CT molecular complexity index is 502. The van der Waals surface area contributed by atoms with Crippen LogP contribution in [0.3, 0.4) is 0 Å². The molecule has 0 bridgehead atoms.